The Hall–Kier alpha value is -2.33. The van der Waals surface area contributed by atoms with Crippen molar-refractivity contribution in [3.8, 4) is 23.1 Å². The van der Waals surface area contributed by atoms with E-state index in [1.54, 1.807) is 10.9 Å². The number of hydrogen-bond donors (Lipinski definition) is 0. The van der Waals surface area contributed by atoms with Crippen molar-refractivity contribution < 1.29 is 13.2 Å². The van der Waals surface area contributed by atoms with Gasteiger partial charge in [0.2, 0.25) is 0 Å². The Morgan fingerprint density at radius 2 is 1.64 bits per heavy atom. The molecule has 0 radical (unpaired) electrons. The fraction of sp³-hybridized carbons (Fsp3) is 0.444. The Bertz CT molecular complexity index is 747. The van der Waals surface area contributed by atoms with Crippen LogP contribution in [0, 0.1) is 11.8 Å². The van der Waals surface area contributed by atoms with Gasteiger partial charge in [0.25, 0.3) is 0 Å². The molecule has 0 amide bonds. The summed E-state index contributed by atoms with van der Waals surface area (Å²) in [4.78, 5) is 2.34. The van der Waals surface area contributed by atoms with E-state index in [9.17, 15) is 13.2 Å². The molecule has 2 aromatic rings. The molecule has 4 nitrogen and oxygen atoms in total. The number of piperidine rings is 1. The van der Waals surface area contributed by atoms with E-state index in [0.717, 1.165) is 31.8 Å². The molecule has 0 N–H and O–H groups in total. The predicted molar refractivity (Wildman–Crippen MR) is 88.5 cm³/mol. The van der Waals surface area contributed by atoms with Gasteiger partial charge in [-0.1, -0.05) is 35.6 Å². The number of halogens is 3. The van der Waals surface area contributed by atoms with Gasteiger partial charge in [0.05, 0.1) is 18.3 Å². The highest BCUT2D eigenvalue weighted by molar-refractivity contribution is 5.58. The molecule has 25 heavy (non-hydrogen) atoms. The van der Waals surface area contributed by atoms with Gasteiger partial charge < -0.3 is 0 Å². The predicted octanol–water partition coefficient (Wildman–Crippen LogP) is 3.45. The standard InChI is InChI=1S/C18H19F3N4/c19-18(20,21)16-8-6-15(7-9-16)17-14-25(23-22-17)13-5-4-12-24-10-2-1-3-11-24/h6-9,14H,1-3,10-13H2. The molecule has 7 heteroatoms. The summed E-state index contributed by atoms with van der Waals surface area (Å²) in [5.74, 6) is 6.20. The number of nitrogens with zero attached hydrogens (tertiary/aromatic N) is 4. The lowest BCUT2D eigenvalue weighted by atomic mass is 10.1. The lowest BCUT2D eigenvalue weighted by molar-refractivity contribution is -0.137. The highest BCUT2D eigenvalue weighted by Crippen LogP contribution is 2.30. The van der Waals surface area contributed by atoms with Crippen molar-refractivity contribution >= 4 is 0 Å². The fourth-order valence-electron chi connectivity index (χ4n) is 2.76. The molecule has 0 aliphatic carbocycles. The topological polar surface area (TPSA) is 34.0 Å². The quantitative estimate of drug-likeness (QED) is 0.797. The lowest BCUT2D eigenvalue weighted by Gasteiger charge is -2.23. The van der Waals surface area contributed by atoms with Gasteiger partial charge in [-0.15, -0.1) is 5.10 Å². The van der Waals surface area contributed by atoms with E-state index in [1.807, 2.05) is 0 Å². The van der Waals surface area contributed by atoms with E-state index in [4.69, 9.17) is 0 Å². The molecule has 0 unspecified atom stereocenters. The molecule has 1 saturated heterocycles. The van der Waals surface area contributed by atoms with E-state index in [-0.39, 0.29) is 0 Å². The zero-order chi connectivity index (χ0) is 17.7. The Balaban J connectivity index is 1.57. The van der Waals surface area contributed by atoms with Gasteiger partial charge in [-0.25, -0.2) is 4.68 Å². The number of benzene rings is 1. The van der Waals surface area contributed by atoms with Gasteiger partial charge >= 0.3 is 6.18 Å². The number of aromatic nitrogens is 3. The second-order valence-corrected chi connectivity index (χ2v) is 6.07. The van der Waals surface area contributed by atoms with Crippen molar-refractivity contribution in [2.75, 3.05) is 19.6 Å². The first kappa shape index (κ1) is 17.5. The minimum Gasteiger partial charge on any atom is -0.292 e. The second-order valence-electron chi connectivity index (χ2n) is 6.07. The summed E-state index contributed by atoms with van der Waals surface area (Å²) >= 11 is 0. The summed E-state index contributed by atoms with van der Waals surface area (Å²) < 4.78 is 39.3. The summed E-state index contributed by atoms with van der Waals surface area (Å²) in [7, 11) is 0. The average molecular weight is 348 g/mol. The van der Waals surface area contributed by atoms with Crippen LogP contribution in [0.3, 0.4) is 0 Å². The monoisotopic (exact) mass is 348 g/mol. The van der Waals surface area contributed by atoms with Crippen molar-refractivity contribution in [3.63, 3.8) is 0 Å². The van der Waals surface area contributed by atoms with Gasteiger partial charge in [-0.05, 0) is 38.1 Å². The van der Waals surface area contributed by atoms with Gasteiger partial charge in [0.15, 0.2) is 0 Å². The van der Waals surface area contributed by atoms with Crippen LogP contribution in [0.15, 0.2) is 30.5 Å². The maximum Gasteiger partial charge on any atom is 0.416 e. The molecule has 2 heterocycles. The number of rotatable bonds is 3. The first-order valence-corrected chi connectivity index (χ1v) is 8.28. The molecule has 0 spiro atoms. The maximum absolute atomic E-state index is 12.6. The average Bonchev–Trinajstić information content (AvgIpc) is 3.08. The molecular formula is C18H19F3N4. The Morgan fingerprint density at radius 3 is 2.32 bits per heavy atom. The molecule has 1 aliphatic rings. The third kappa shape index (κ3) is 4.83. The highest BCUT2D eigenvalue weighted by Gasteiger charge is 2.30. The van der Waals surface area contributed by atoms with Crippen molar-refractivity contribution in [1.82, 2.24) is 19.9 Å². The van der Waals surface area contributed by atoms with Crippen LogP contribution in [0.5, 0.6) is 0 Å². The summed E-state index contributed by atoms with van der Waals surface area (Å²) in [6, 6.07) is 4.90. The fourth-order valence-corrected chi connectivity index (χ4v) is 2.76. The third-order valence-corrected chi connectivity index (χ3v) is 4.16. The van der Waals surface area contributed by atoms with Crippen molar-refractivity contribution in [2.45, 2.75) is 32.0 Å². The summed E-state index contributed by atoms with van der Waals surface area (Å²) in [5, 5.41) is 7.98. The highest BCUT2D eigenvalue weighted by atomic mass is 19.4. The summed E-state index contributed by atoms with van der Waals surface area (Å²) in [6.07, 6.45) is 1.14. The molecule has 0 saturated carbocycles. The minimum absolute atomic E-state index is 0.418. The zero-order valence-corrected chi connectivity index (χ0v) is 13.8. The SMILES string of the molecule is FC(F)(F)c1ccc(-c2cn(CC#CCN3CCCCC3)nn2)cc1. The molecule has 0 bridgehead atoms. The second kappa shape index (κ2) is 7.70. The molecule has 1 aromatic heterocycles. The molecular weight excluding hydrogens is 329 g/mol. The van der Waals surface area contributed by atoms with Crippen LogP contribution < -0.4 is 0 Å². The number of hydrogen-bond acceptors (Lipinski definition) is 3. The number of likely N-dealkylation sites (tertiary alicyclic amines) is 1. The van der Waals surface area contributed by atoms with E-state index >= 15 is 0 Å². The van der Waals surface area contributed by atoms with Crippen LogP contribution in [0.25, 0.3) is 11.3 Å². The lowest BCUT2D eigenvalue weighted by Crippen LogP contribution is -2.29. The number of alkyl halides is 3. The summed E-state index contributed by atoms with van der Waals surface area (Å²) in [5.41, 5.74) is 0.458. The van der Waals surface area contributed by atoms with Gasteiger partial charge in [0, 0.05) is 5.56 Å². The van der Waals surface area contributed by atoms with E-state index < -0.39 is 11.7 Å². The Kier molecular flexibility index (Phi) is 5.39. The molecule has 1 fully saturated rings. The van der Waals surface area contributed by atoms with Gasteiger partial charge in [-0.3, -0.25) is 4.90 Å². The van der Waals surface area contributed by atoms with Crippen LogP contribution in [-0.4, -0.2) is 39.5 Å². The van der Waals surface area contributed by atoms with E-state index in [2.05, 4.69) is 27.1 Å². The van der Waals surface area contributed by atoms with E-state index in [0.29, 0.717) is 17.8 Å². The largest absolute Gasteiger partial charge is 0.416 e. The van der Waals surface area contributed by atoms with Crippen molar-refractivity contribution in [1.29, 1.82) is 0 Å². The molecule has 0 atom stereocenters. The summed E-state index contributed by atoms with van der Waals surface area (Å²) in [6.45, 7) is 3.40. The third-order valence-electron chi connectivity index (χ3n) is 4.16. The van der Waals surface area contributed by atoms with E-state index in [1.165, 1.54) is 31.4 Å². The maximum atomic E-state index is 12.6. The van der Waals surface area contributed by atoms with Crippen LogP contribution in [0.1, 0.15) is 24.8 Å². The van der Waals surface area contributed by atoms with Gasteiger partial charge in [0.1, 0.15) is 12.2 Å². The van der Waals surface area contributed by atoms with Gasteiger partial charge in [-0.2, -0.15) is 13.2 Å². The minimum atomic E-state index is -4.33. The van der Waals surface area contributed by atoms with Crippen LogP contribution in [-0.2, 0) is 12.7 Å². The first-order chi connectivity index (χ1) is 12.0. The molecule has 132 valence electrons. The van der Waals surface area contributed by atoms with Crippen LogP contribution in [0.2, 0.25) is 0 Å². The van der Waals surface area contributed by atoms with Crippen LogP contribution in [0.4, 0.5) is 13.2 Å². The van der Waals surface area contributed by atoms with Crippen LogP contribution >= 0.6 is 0 Å². The molecule has 1 aliphatic heterocycles. The van der Waals surface area contributed by atoms with Crippen molar-refractivity contribution in [3.05, 3.63) is 36.0 Å². The zero-order valence-electron chi connectivity index (χ0n) is 13.8. The smallest absolute Gasteiger partial charge is 0.292 e. The van der Waals surface area contributed by atoms with Crippen molar-refractivity contribution in [2.24, 2.45) is 0 Å². The first-order valence-electron chi connectivity index (χ1n) is 8.28. The Labute approximate surface area is 144 Å². The Morgan fingerprint density at radius 1 is 0.960 bits per heavy atom. The normalized spacial score (nSPS) is 15.6. The molecule has 1 aromatic carbocycles. The molecule has 3 rings (SSSR count).